The van der Waals surface area contributed by atoms with Crippen molar-refractivity contribution >= 4 is 17.6 Å². The molecule has 2 unspecified atom stereocenters. The van der Waals surface area contributed by atoms with Gasteiger partial charge >= 0.3 is 0 Å². The molecule has 7 heteroatoms. The first kappa shape index (κ1) is 18.9. The molecule has 1 aliphatic carbocycles. The number of pyridine rings is 1. The Balaban J connectivity index is 1.71. The smallest absolute Gasteiger partial charge is 0.271 e. The number of carbonyl (C=O) groups is 2. The first-order chi connectivity index (χ1) is 12.8. The van der Waals surface area contributed by atoms with E-state index in [-0.39, 0.29) is 11.8 Å². The average molecular weight is 367 g/mol. The fraction of sp³-hybridized carbons (Fsp3) is 0.450. The van der Waals surface area contributed by atoms with Gasteiger partial charge in [-0.3, -0.25) is 14.6 Å². The first-order valence-corrected chi connectivity index (χ1v) is 9.13. The summed E-state index contributed by atoms with van der Waals surface area (Å²) in [6.07, 6.45) is 7.68. The van der Waals surface area contributed by atoms with Gasteiger partial charge in [0.1, 0.15) is 11.5 Å². The maximum Gasteiger partial charge on any atom is 0.271 e. The number of carbonyl (C=O) groups excluding carboxylic acids is 2. The Kier molecular flexibility index (Phi) is 5.21. The minimum Gasteiger partial charge on any atom is -0.345 e. The Bertz CT molecular complexity index is 841. The molecule has 0 saturated heterocycles. The third-order valence-electron chi connectivity index (χ3n) is 5.10. The van der Waals surface area contributed by atoms with Gasteiger partial charge in [-0.2, -0.15) is 0 Å². The van der Waals surface area contributed by atoms with Crippen LogP contribution in [0.1, 0.15) is 55.7 Å². The van der Waals surface area contributed by atoms with Crippen LogP contribution < -0.4 is 10.6 Å². The average Bonchev–Trinajstić information content (AvgIpc) is 2.62. The molecule has 7 nitrogen and oxygen atoms in total. The van der Waals surface area contributed by atoms with Crippen molar-refractivity contribution in [1.29, 1.82) is 0 Å². The van der Waals surface area contributed by atoms with Gasteiger partial charge in [0.05, 0.1) is 11.9 Å². The van der Waals surface area contributed by atoms with Crippen LogP contribution in [0.4, 0.5) is 5.82 Å². The van der Waals surface area contributed by atoms with Crippen LogP contribution in [0.5, 0.6) is 0 Å². The van der Waals surface area contributed by atoms with Crippen molar-refractivity contribution in [2.45, 2.75) is 52.0 Å². The largest absolute Gasteiger partial charge is 0.345 e. The molecule has 2 atom stereocenters. The van der Waals surface area contributed by atoms with E-state index in [0.29, 0.717) is 23.6 Å². The van der Waals surface area contributed by atoms with Crippen LogP contribution in [0.25, 0.3) is 0 Å². The molecule has 0 aliphatic heterocycles. The lowest BCUT2D eigenvalue weighted by Crippen LogP contribution is -2.54. The Hall–Kier alpha value is -2.83. The van der Waals surface area contributed by atoms with Crippen LogP contribution in [0.3, 0.4) is 0 Å². The summed E-state index contributed by atoms with van der Waals surface area (Å²) in [5.74, 6) is 0.204. The van der Waals surface area contributed by atoms with E-state index in [9.17, 15) is 9.59 Å². The number of amides is 2. The minimum absolute atomic E-state index is 0.0725. The quantitative estimate of drug-likeness (QED) is 0.866. The lowest BCUT2D eigenvalue weighted by atomic mass is 9.67. The van der Waals surface area contributed by atoms with Gasteiger partial charge in [-0.15, -0.1) is 0 Å². The minimum atomic E-state index is -0.587. The van der Waals surface area contributed by atoms with Gasteiger partial charge in [0, 0.05) is 23.3 Å². The molecule has 0 bridgehead atoms. The van der Waals surface area contributed by atoms with E-state index in [2.05, 4.69) is 25.6 Å². The third kappa shape index (κ3) is 4.48. The monoisotopic (exact) mass is 367 g/mol. The predicted molar refractivity (Wildman–Crippen MR) is 102 cm³/mol. The van der Waals surface area contributed by atoms with Gasteiger partial charge < -0.3 is 10.6 Å². The maximum absolute atomic E-state index is 12.9. The Morgan fingerprint density at radius 2 is 1.96 bits per heavy atom. The molecule has 2 aromatic rings. The molecule has 0 aromatic carbocycles. The SMILES string of the molecule is Cc1cncc(C(=O)NC2(C)CCCC(C)(C(=O)Nc3ccccn3)C2)n1. The topological polar surface area (TPSA) is 96.9 Å². The van der Waals surface area contributed by atoms with Gasteiger partial charge in [0.15, 0.2) is 0 Å². The van der Waals surface area contributed by atoms with Crippen molar-refractivity contribution in [3.63, 3.8) is 0 Å². The normalized spacial score (nSPS) is 24.9. The fourth-order valence-electron chi connectivity index (χ4n) is 3.82. The van der Waals surface area contributed by atoms with E-state index in [4.69, 9.17) is 0 Å². The predicted octanol–water partition coefficient (Wildman–Crippen LogP) is 2.89. The van der Waals surface area contributed by atoms with Crippen molar-refractivity contribution in [2.75, 3.05) is 5.32 Å². The van der Waals surface area contributed by atoms with Gasteiger partial charge in [-0.1, -0.05) is 19.4 Å². The molecule has 0 spiro atoms. The maximum atomic E-state index is 12.9. The van der Waals surface area contributed by atoms with Crippen LogP contribution in [0.2, 0.25) is 0 Å². The number of hydrogen-bond donors (Lipinski definition) is 2. The molecule has 0 radical (unpaired) electrons. The van der Waals surface area contributed by atoms with Crippen molar-refractivity contribution in [2.24, 2.45) is 5.41 Å². The molecule has 1 fully saturated rings. The van der Waals surface area contributed by atoms with Gasteiger partial charge in [-0.05, 0) is 45.2 Å². The van der Waals surface area contributed by atoms with Gasteiger partial charge in [0.2, 0.25) is 5.91 Å². The van der Waals surface area contributed by atoms with E-state index in [1.165, 1.54) is 6.20 Å². The van der Waals surface area contributed by atoms with Crippen LogP contribution in [-0.2, 0) is 4.79 Å². The van der Waals surface area contributed by atoms with E-state index in [1.807, 2.05) is 19.9 Å². The van der Waals surface area contributed by atoms with Crippen LogP contribution in [0, 0.1) is 12.3 Å². The van der Waals surface area contributed by atoms with Crippen molar-refractivity contribution in [3.8, 4) is 0 Å². The lowest BCUT2D eigenvalue weighted by Gasteiger charge is -2.43. The van der Waals surface area contributed by atoms with E-state index >= 15 is 0 Å². The number of anilines is 1. The summed E-state index contributed by atoms with van der Waals surface area (Å²) >= 11 is 0. The molecular weight excluding hydrogens is 342 g/mol. The first-order valence-electron chi connectivity index (χ1n) is 9.13. The molecule has 2 amide bonds. The highest BCUT2D eigenvalue weighted by Gasteiger charge is 2.45. The van der Waals surface area contributed by atoms with Crippen molar-refractivity contribution in [3.05, 3.63) is 48.2 Å². The standard InChI is InChI=1S/C20H25N5O2/c1-14-11-21-12-15(23-14)17(26)25-20(3)9-6-8-19(2,13-20)18(27)24-16-7-4-5-10-22-16/h4-5,7,10-12H,6,8-9,13H2,1-3H3,(H,25,26)(H,22,24,27). The lowest BCUT2D eigenvalue weighted by molar-refractivity contribution is -0.127. The molecule has 1 saturated carbocycles. The summed E-state index contributed by atoms with van der Waals surface area (Å²) in [7, 11) is 0. The van der Waals surface area contributed by atoms with E-state index in [1.54, 1.807) is 31.5 Å². The van der Waals surface area contributed by atoms with Crippen LogP contribution in [0.15, 0.2) is 36.8 Å². The summed E-state index contributed by atoms with van der Waals surface area (Å²) in [4.78, 5) is 37.9. The number of aromatic nitrogens is 3. The second-order valence-corrected chi connectivity index (χ2v) is 7.82. The van der Waals surface area contributed by atoms with Gasteiger partial charge in [-0.25, -0.2) is 9.97 Å². The number of nitrogens with one attached hydrogen (secondary N) is 2. The number of nitrogens with zero attached hydrogens (tertiary/aromatic N) is 3. The second-order valence-electron chi connectivity index (χ2n) is 7.82. The van der Waals surface area contributed by atoms with Gasteiger partial charge in [0.25, 0.3) is 5.91 Å². The van der Waals surface area contributed by atoms with Crippen LogP contribution in [-0.4, -0.2) is 32.3 Å². The highest BCUT2D eigenvalue weighted by molar-refractivity contribution is 5.95. The number of aryl methyl sites for hydroxylation is 1. The second kappa shape index (κ2) is 7.42. The summed E-state index contributed by atoms with van der Waals surface area (Å²) in [6.45, 7) is 5.73. The summed E-state index contributed by atoms with van der Waals surface area (Å²) < 4.78 is 0. The molecule has 2 aromatic heterocycles. The highest BCUT2D eigenvalue weighted by atomic mass is 16.2. The molecule has 3 rings (SSSR count). The van der Waals surface area contributed by atoms with E-state index < -0.39 is 11.0 Å². The third-order valence-corrected chi connectivity index (χ3v) is 5.10. The number of hydrogen-bond acceptors (Lipinski definition) is 5. The molecule has 27 heavy (non-hydrogen) atoms. The molecule has 142 valence electrons. The zero-order valence-corrected chi connectivity index (χ0v) is 16.0. The summed E-state index contributed by atoms with van der Waals surface area (Å²) in [5, 5.41) is 5.97. The summed E-state index contributed by atoms with van der Waals surface area (Å²) in [5.41, 5.74) is -0.0926. The van der Waals surface area contributed by atoms with Crippen molar-refractivity contribution in [1.82, 2.24) is 20.3 Å². The Morgan fingerprint density at radius 1 is 1.15 bits per heavy atom. The highest BCUT2D eigenvalue weighted by Crippen LogP contribution is 2.42. The summed E-state index contributed by atoms with van der Waals surface area (Å²) in [6, 6.07) is 5.40. The molecule has 2 N–H and O–H groups in total. The zero-order chi connectivity index (χ0) is 19.5. The number of rotatable bonds is 4. The molecular formula is C20H25N5O2. The Morgan fingerprint density at radius 3 is 2.67 bits per heavy atom. The van der Waals surface area contributed by atoms with Crippen LogP contribution >= 0.6 is 0 Å². The molecule has 2 heterocycles. The molecule has 1 aliphatic rings. The Labute approximate surface area is 159 Å². The van der Waals surface area contributed by atoms with E-state index in [0.717, 1.165) is 19.3 Å². The fourth-order valence-corrected chi connectivity index (χ4v) is 3.82. The van der Waals surface area contributed by atoms with Crippen molar-refractivity contribution < 1.29 is 9.59 Å². The zero-order valence-electron chi connectivity index (χ0n) is 16.0.